The molecule has 8 nitrogen and oxygen atoms in total. The van der Waals surface area contributed by atoms with Gasteiger partial charge in [0.15, 0.2) is 17.4 Å². The molecule has 1 aliphatic heterocycles. The molecular weight excluding hydrogens is 358 g/mol. The minimum Gasteiger partial charge on any atom is -0.495 e. The largest absolute Gasteiger partial charge is 0.495 e. The molecule has 1 aliphatic rings. The molecule has 0 spiro atoms. The van der Waals surface area contributed by atoms with Crippen LogP contribution in [0.5, 0.6) is 5.75 Å². The number of anilines is 3. The van der Waals surface area contributed by atoms with Gasteiger partial charge in [0.1, 0.15) is 5.75 Å². The van der Waals surface area contributed by atoms with Crippen LogP contribution in [0.3, 0.4) is 0 Å². The Balaban J connectivity index is 1.36. The molecule has 0 radical (unpaired) electrons. The number of ether oxygens (including phenoxy) is 1. The third kappa shape index (κ3) is 3.75. The SMILES string of the molecule is COc1ccccc1N1CCN(c2ccc(NC(=O)c3ccco3)nn2)CC1. The molecule has 1 amide bonds. The monoisotopic (exact) mass is 379 g/mol. The maximum absolute atomic E-state index is 12.0. The molecule has 1 N–H and O–H groups in total. The highest BCUT2D eigenvalue weighted by Gasteiger charge is 2.21. The number of hydrogen-bond donors (Lipinski definition) is 1. The van der Waals surface area contributed by atoms with Gasteiger partial charge < -0.3 is 24.3 Å². The number of aromatic nitrogens is 2. The number of para-hydroxylation sites is 2. The molecule has 4 rings (SSSR count). The fraction of sp³-hybridized carbons (Fsp3) is 0.250. The van der Waals surface area contributed by atoms with Crippen LogP contribution in [0.25, 0.3) is 0 Å². The number of methoxy groups -OCH3 is 1. The summed E-state index contributed by atoms with van der Waals surface area (Å²) in [5, 5.41) is 11.0. The highest BCUT2D eigenvalue weighted by Crippen LogP contribution is 2.29. The van der Waals surface area contributed by atoms with E-state index in [0.717, 1.165) is 43.4 Å². The number of nitrogens with one attached hydrogen (secondary N) is 1. The molecule has 0 atom stereocenters. The Hall–Kier alpha value is -3.55. The zero-order chi connectivity index (χ0) is 19.3. The van der Waals surface area contributed by atoms with Crippen molar-refractivity contribution in [3.63, 3.8) is 0 Å². The molecule has 28 heavy (non-hydrogen) atoms. The number of furan rings is 1. The molecule has 0 bridgehead atoms. The van der Waals surface area contributed by atoms with E-state index < -0.39 is 0 Å². The third-order valence-corrected chi connectivity index (χ3v) is 4.67. The van der Waals surface area contributed by atoms with Crippen LogP contribution in [0.1, 0.15) is 10.6 Å². The predicted molar refractivity (Wildman–Crippen MR) is 106 cm³/mol. The van der Waals surface area contributed by atoms with Gasteiger partial charge in [-0.05, 0) is 36.4 Å². The molecule has 3 aromatic rings. The summed E-state index contributed by atoms with van der Waals surface area (Å²) >= 11 is 0. The molecule has 0 unspecified atom stereocenters. The van der Waals surface area contributed by atoms with Gasteiger partial charge >= 0.3 is 0 Å². The highest BCUT2D eigenvalue weighted by molar-refractivity contribution is 6.01. The summed E-state index contributed by atoms with van der Waals surface area (Å²) in [4.78, 5) is 16.5. The Morgan fingerprint density at radius 3 is 2.46 bits per heavy atom. The van der Waals surface area contributed by atoms with E-state index >= 15 is 0 Å². The van der Waals surface area contributed by atoms with Gasteiger partial charge in [0.25, 0.3) is 5.91 Å². The number of amides is 1. The first kappa shape index (κ1) is 17.8. The molecule has 0 saturated carbocycles. The topological polar surface area (TPSA) is 83.7 Å². The molecule has 0 aliphatic carbocycles. The highest BCUT2D eigenvalue weighted by atomic mass is 16.5. The Kier molecular flexibility index (Phi) is 5.09. The van der Waals surface area contributed by atoms with Gasteiger partial charge in [0.05, 0.1) is 19.1 Å². The molecule has 8 heteroatoms. The van der Waals surface area contributed by atoms with Gasteiger partial charge in [-0.15, -0.1) is 10.2 Å². The number of carbonyl (C=O) groups excluding carboxylic acids is 1. The van der Waals surface area contributed by atoms with Crippen molar-refractivity contribution in [2.24, 2.45) is 0 Å². The van der Waals surface area contributed by atoms with Gasteiger partial charge in [-0.2, -0.15) is 0 Å². The van der Waals surface area contributed by atoms with Crippen molar-refractivity contribution < 1.29 is 13.9 Å². The van der Waals surface area contributed by atoms with E-state index in [2.05, 4.69) is 31.4 Å². The van der Waals surface area contributed by atoms with Crippen molar-refractivity contribution in [3.8, 4) is 5.75 Å². The van der Waals surface area contributed by atoms with Crippen LogP contribution in [0.15, 0.2) is 59.2 Å². The summed E-state index contributed by atoms with van der Waals surface area (Å²) in [6.07, 6.45) is 1.45. The Morgan fingerprint density at radius 1 is 1.00 bits per heavy atom. The van der Waals surface area contributed by atoms with Crippen molar-refractivity contribution in [1.82, 2.24) is 10.2 Å². The standard InChI is InChI=1S/C20H21N5O3/c1-27-16-6-3-2-5-15(16)24-10-12-25(13-11-24)19-9-8-18(22-23-19)21-20(26)17-7-4-14-28-17/h2-9,14H,10-13H2,1H3,(H,21,22,26). The van der Waals surface area contributed by atoms with Gasteiger partial charge in [-0.25, -0.2) is 0 Å². The number of nitrogens with zero attached hydrogens (tertiary/aromatic N) is 4. The number of carbonyl (C=O) groups is 1. The van der Waals surface area contributed by atoms with E-state index in [-0.39, 0.29) is 11.7 Å². The van der Waals surface area contributed by atoms with Gasteiger partial charge in [0.2, 0.25) is 0 Å². The fourth-order valence-electron chi connectivity index (χ4n) is 3.21. The summed E-state index contributed by atoms with van der Waals surface area (Å²) < 4.78 is 10.5. The van der Waals surface area contributed by atoms with Crippen LogP contribution in [-0.2, 0) is 0 Å². The summed E-state index contributed by atoms with van der Waals surface area (Å²) in [5.41, 5.74) is 1.10. The van der Waals surface area contributed by atoms with E-state index in [1.54, 1.807) is 25.3 Å². The number of piperazine rings is 1. The lowest BCUT2D eigenvalue weighted by Gasteiger charge is -2.37. The number of hydrogen-bond acceptors (Lipinski definition) is 7. The minimum atomic E-state index is -0.350. The molecule has 144 valence electrons. The van der Waals surface area contributed by atoms with Crippen molar-refractivity contribution in [3.05, 3.63) is 60.6 Å². The van der Waals surface area contributed by atoms with Crippen molar-refractivity contribution >= 4 is 23.2 Å². The lowest BCUT2D eigenvalue weighted by atomic mass is 10.2. The normalized spacial score (nSPS) is 14.0. The van der Waals surface area contributed by atoms with Crippen LogP contribution in [0.2, 0.25) is 0 Å². The van der Waals surface area contributed by atoms with Crippen LogP contribution in [0, 0.1) is 0 Å². The van der Waals surface area contributed by atoms with Crippen molar-refractivity contribution in [2.45, 2.75) is 0 Å². The zero-order valence-electron chi connectivity index (χ0n) is 15.5. The fourth-order valence-corrected chi connectivity index (χ4v) is 3.21. The first-order valence-corrected chi connectivity index (χ1v) is 9.06. The van der Waals surface area contributed by atoms with E-state index in [9.17, 15) is 4.79 Å². The summed E-state index contributed by atoms with van der Waals surface area (Å²) in [6.45, 7) is 3.37. The second kappa shape index (κ2) is 7.99. The number of rotatable bonds is 5. The zero-order valence-corrected chi connectivity index (χ0v) is 15.5. The van der Waals surface area contributed by atoms with Gasteiger partial charge in [0, 0.05) is 26.2 Å². The lowest BCUT2D eigenvalue weighted by molar-refractivity contribution is 0.0996. The average Bonchev–Trinajstić information content (AvgIpc) is 3.30. The van der Waals surface area contributed by atoms with Crippen molar-refractivity contribution in [2.75, 3.05) is 48.4 Å². The molecule has 3 heterocycles. The molecule has 1 aromatic carbocycles. The van der Waals surface area contributed by atoms with E-state index in [0.29, 0.717) is 5.82 Å². The Labute approximate surface area is 162 Å². The maximum atomic E-state index is 12.0. The van der Waals surface area contributed by atoms with Crippen LogP contribution in [-0.4, -0.2) is 49.4 Å². The molecule has 2 aromatic heterocycles. The Morgan fingerprint density at radius 2 is 1.79 bits per heavy atom. The number of benzene rings is 1. The second-order valence-electron chi connectivity index (χ2n) is 6.35. The minimum absolute atomic E-state index is 0.235. The van der Waals surface area contributed by atoms with E-state index in [4.69, 9.17) is 9.15 Å². The predicted octanol–water partition coefficient (Wildman–Crippen LogP) is 2.66. The van der Waals surface area contributed by atoms with Gasteiger partial charge in [-0.1, -0.05) is 12.1 Å². The summed E-state index contributed by atoms with van der Waals surface area (Å²) in [7, 11) is 1.69. The summed E-state index contributed by atoms with van der Waals surface area (Å²) in [6, 6.07) is 14.9. The Bertz CT molecular complexity index is 919. The molecular formula is C20H21N5O3. The average molecular weight is 379 g/mol. The quantitative estimate of drug-likeness (QED) is 0.730. The van der Waals surface area contributed by atoms with Gasteiger partial charge in [-0.3, -0.25) is 4.79 Å². The summed E-state index contributed by atoms with van der Waals surface area (Å²) in [5.74, 6) is 1.94. The first-order chi connectivity index (χ1) is 13.7. The molecule has 1 saturated heterocycles. The van der Waals surface area contributed by atoms with Crippen LogP contribution < -0.4 is 19.9 Å². The van der Waals surface area contributed by atoms with Crippen molar-refractivity contribution in [1.29, 1.82) is 0 Å². The van der Waals surface area contributed by atoms with Crippen LogP contribution >= 0.6 is 0 Å². The maximum Gasteiger partial charge on any atom is 0.292 e. The first-order valence-electron chi connectivity index (χ1n) is 9.06. The third-order valence-electron chi connectivity index (χ3n) is 4.67. The van der Waals surface area contributed by atoms with E-state index in [1.807, 2.05) is 24.3 Å². The molecule has 1 fully saturated rings. The second-order valence-corrected chi connectivity index (χ2v) is 6.35. The lowest BCUT2D eigenvalue weighted by Crippen LogP contribution is -2.47. The van der Waals surface area contributed by atoms with Crippen LogP contribution in [0.4, 0.5) is 17.3 Å². The smallest absolute Gasteiger partial charge is 0.292 e. The van der Waals surface area contributed by atoms with E-state index in [1.165, 1.54) is 6.26 Å².